The lowest BCUT2D eigenvalue weighted by Crippen LogP contribution is -2.31. The van der Waals surface area contributed by atoms with Gasteiger partial charge in [0.05, 0.1) is 20.5 Å². The molecule has 1 aliphatic carbocycles. The van der Waals surface area contributed by atoms with E-state index in [-0.39, 0.29) is 11.9 Å². The summed E-state index contributed by atoms with van der Waals surface area (Å²) in [5.41, 5.74) is 4.32. The Labute approximate surface area is 176 Å². The number of rotatable bonds is 6. The highest BCUT2D eigenvalue weighted by atomic mass is 16.5. The first-order chi connectivity index (χ1) is 14.6. The minimum Gasteiger partial charge on any atom is -0.496 e. The summed E-state index contributed by atoms with van der Waals surface area (Å²) in [6.07, 6.45) is 7.88. The Morgan fingerprint density at radius 3 is 2.53 bits per heavy atom. The van der Waals surface area contributed by atoms with Crippen molar-refractivity contribution in [3.05, 3.63) is 54.3 Å². The molecule has 0 bridgehead atoms. The number of carbonyl (C=O) groups excluding carboxylic acids is 1. The van der Waals surface area contributed by atoms with Crippen molar-refractivity contribution < 1.29 is 18.7 Å². The molecule has 0 spiro atoms. The van der Waals surface area contributed by atoms with E-state index in [4.69, 9.17) is 13.9 Å². The van der Waals surface area contributed by atoms with Gasteiger partial charge in [0.1, 0.15) is 17.1 Å². The number of hydrogen-bond donors (Lipinski definition) is 1. The number of carbonyl (C=O) groups is 1. The van der Waals surface area contributed by atoms with E-state index in [1.807, 2.05) is 43.3 Å². The molecule has 3 aromatic rings. The van der Waals surface area contributed by atoms with Gasteiger partial charge in [-0.15, -0.1) is 0 Å². The molecule has 1 aromatic heterocycles. The van der Waals surface area contributed by atoms with Crippen molar-refractivity contribution >= 4 is 22.4 Å². The summed E-state index contributed by atoms with van der Waals surface area (Å²) in [6, 6.07) is 12.0. The van der Waals surface area contributed by atoms with E-state index in [9.17, 15) is 4.79 Å². The van der Waals surface area contributed by atoms with Crippen LogP contribution in [0.15, 0.2) is 53.2 Å². The molecule has 1 amide bonds. The zero-order chi connectivity index (χ0) is 21.1. The first-order valence-electron chi connectivity index (χ1n) is 10.3. The number of allylic oxidation sites excluding steroid dienone is 1. The highest BCUT2D eigenvalue weighted by Crippen LogP contribution is 2.40. The van der Waals surface area contributed by atoms with Gasteiger partial charge in [-0.1, -0.05) is 31.0 Å². The van der Waals surface area contributed by atoms with Crippen LogP contribution in [-0.4, -0.2) is 26.2 Å². The highest BCUT2D eigenvalue weighted by Gasteiger charge is 2.18. The second kappa shape index (κ2) is 8.66. The summed E-state index contributed by atoms with van der Waals surface area (Å²) in [6.45, 7) is 1.93. The summed E-state index contributed by atoms with van der Waals surface area (Å²) >= 11 is 0. The number of nitrogens with one attached hydrogen (secondary N) is 1. The van der Waals surface area contributed by atoms with Gasteiger partial charge < -0.3 is 19.2 Å². The number of methoxy groups -OCH3 is 2. The minimum atomic E-state index is -0.0568. The molecule has 1 fully saturated rings. The van der Waals surface area contributed by atoms with Gasteiger partial charge in [0.2, 0.25) is 5.91 Å². The zero-order valence-electron chi connectivity index (χ0n) is 17.7. The fourth-order valence-electron chi connectivity index (χ4n) is 4.20. The largest absolute Gasteiger partial charge is 0.496 e. The van der Waals surface area contributed by atoms with Crippen LogP contribution in [0.3, 0.4) is 0 Å². The zero-order valence-corrected chi connectivity index (χ0v) is 17.7. The number of para-hydroxylation sites is 1. The topological polar surface area (TPSA) is 60.7 Å². The molecule has 0 radical (unpaired) electrons. The maximum atomic E-state index is 12.5. The summed E-state index contributed by atoms with van der Waals surface area (Å²) in [7, 11) is 3.28. The molecule has 0 unspecified atom stereocenters. The molecular weight excluding hydrogens is 378 g/mol. The summed E-state index contributed by atoms with van der Waals surface area (Å²) in [5.74, 6) is 1.39. The third-order valence-corrected chi connectivity index (χ3v) is 5.77. The standard InChI is InChI=1S/C25H27NO4/c1-16(12-25(27)26-17-8-4-5-9-17)19-13-20-21(15-30-24(20)14-23(19)29-3)18-10-6-7-11-22(18)28-2/h6-7,10-15,17H,4-5,8-9H2,1-3H3,(H,26,27)/b16-12+. The lowest BCUT2D eigenvalue weighted by Gasteiger charge is -2.12. The number of fused-ring (bicyclic) bond motifs is 1. The Bertz CT molecular complexity index is 1090. The lowest BCUT2D eigenvalue weighted by molar-refractivity contribution is -0.117. The van der Waals surface area contributed by atoms with Gasteiger partial charge in [0.25, 0.3) is 0 Å². The Morgan fingerprint density at radius 1 is 1.07 bits per heavy atom. The Balaban J connectivity index is 1.73. The van der Waals surface area contributed by atoms with E-state index in [1.165, 1.54) is 12.8 Å². The van der Waals surface area contributed by atoms with Crippen molar-refractivity contribution in [3.63, 3.8) is 0 Å². The monoisotopic (exact) mass is 405 g/mol. The van der Waals surface area contributed by atoms with Crippen LogP contribution in [0.25, 0.3) is 27.7 Å². The smallest absolute Gasteiger partial charge is 0.244 e. The molecule has 0 saturated heterocycles. The fraction of sp³-hybridized carbons (Fsp3) is 0.320. The van der Waals surface area contributed by atoms with Gasteiger partial charge >= 0.3 is 0 Å². The first kappa shape index (κ1) is 20.1. The van der Waals surface area contributed by atoms with Crippen molar-refractivity contribution in [2.45, 2.75) is 38.6 Å². The maximum absolute atomic E-state index is 12.5. The predicted octanol–water partition coefficient (Wildman–Crippen LogP) is 5.58. The first-order valence-corrected chi connectivity index (χ1v) is 10.3. The second-order valence-corrected chi connectivity index (χ2v) is 7.72. The van der Waals surface area contributed by atoms with E-state index in [0.29, 0.717) is 5.75 Å². The molecule has 5 nitrogen and oxygen atoms in total. The number of amides is 1. The normalized spacial score (nSPS) is 14.8. The van der Waals surface area contributed by atoms with E-state index >= 15 is 0 Å². The number of furan rings is 1. The van der Waals surface area contributed by atoms with Gasteiger partial charge in [0, 0.05) is 40.3 Å². The molecule has 5 heteroatoms. The van der Waals surface area contributed by atoms with Crippen LogP contribution >= 0.6 is 0 Å². The van der Waals surface area contributed by atoms with E-state index < -0.39 is 0 Å². The average Bonchev–Trinajstić information content (AvgIpc) is 3.41. The molecule has 1 heterocycles. The number of benzene rings is 2. The Morgan fingerprint density at radius 2 is 1.80 bits per heavy atom. The van der Waals surface area contributed by atoms with Crippen molar-refractivity contribution in [1.82, 2.24) is 5.32 Å². The third kappa shape index (κ3) is 3.92. The van der Waals surface area contributed by atoms with Crippen molar-refractivity contribution in [2.75, 3.05) is 14.2 Å². The SMILES string of the molecule is COc1cc2occ(-c3ccccc3OC)c2cc1/C(C)=C/C(=O)NC1CCCC1. The van der Waals surface area contributed by atoms with E-state index in [2.05, 4.69) is 5.32 Å². The van der Waals surface area contributed by atoms with Crippen LogP contribution in [0.5, 0.6) is 11.5 Å². The van der Waals surface area contributed by atoms with Crippen LogP contribution in [0.2, 0.25) is 0 Å². The van der Waals surface area contributed by atoms with Crippen LogP contribution in [0.4, 0.5) is 0 Å². The predicted molar refractivity (Wildman–Crippen MR) is 119 cm³/mol. The molecule has 1 N–H and O–H groups in total. The van der Waals surface area contributed by atoms with Crippen molar-refractivity contribution in [1.29, 1.82) is 0 Å². The molecule has 30 heavy (non-hydrogen) atoms. The molecule has 0 aliphatic heterocycles. The van der Waals surface area contributed by atoms with E-state index in [0.717, 1.165) is 51.8 Å². The number of hydrogen-bond acceptors (Lipinski definition) is 4. The Kier molecular flexibility index (Phi) is 5.79. The van der Waals surface area contributed by atoms with Crippen LogP contribution in [0.1, 0.15) is 38.2 Å². The highest BCUT2D eigenvalue weighted by molar-refractivity contribution is 6.01. The van der Waals surface area contributed by atoms with Gasteiger partial charge in [-0.3, -0.25) is 4.79 Å². The van der Waals surface area contributed by atoms with Crippen molar-refractivity contribution in [2.24, 2.45) is 0 Å². The quantitative estimate of drug-likeness (QED) is 0.544. The molecule has 1 saturated carbocycles. The van der Waals surface area contributed by atoms with Crippen LogP contribution < -0.4 is 14.8 Å². The average molecular weight is 405 g/mol. The molecule has 2 aromatic carbocycles. The van der Waals surface area contributed by atoms with Crippen LogP contribution in [-0.2, 0) is 4.79 Å². The minimum absolute atomic E-state index is 0.0568. The van der Waals surface area contributed by atoms with Gasteiger partial charge in [-0.05, 0) is 37.5 Å². The second-order valence-electron chi connectivity index (χ2n) is 7.72. The summed E-state index contributed by atoms with van der Waals surface area (Å²) in [5, 5.41) is 4.05. The van der Waals surface area contributed by atoms with Crippen molar-refractivity contribution in [3.8, 4) is 22.6 Å². The van der Waals surface area contributed by atoms with Gasteiger partial charge in [-0.2, -0.15) is 0 Å². The fourth-order valence-corrected chi connectivity index (χ4v) is 4.20. The van der Waals surface area contributed by atoms with Crippen LogP contribution in [0, 0.1) is 0 Å². The number of ether oxygens (including phenoxy) is 2. The molecule has 4 rings (SSSR count). The molecular formula is C25H27NO4. The molecule has 156 valence electrons. The van der Waals surface area contributed by atoms with Gasteiger partial charge in [-0.25, -0.2) is 0 Å². The van der Waals surface area contributed by atoms with E-state index in [1.54, 1.807) is 26.6 Å². The molecule has 0 atom stereocenters. The lowest BCUT2D eigenvalue weighted by atomic mass is 9.98. The third-order valence-electron chi connectivity index (χ3n) is 5.77. The Hall–Kier alpha value is -3.21. The maximum Gasteiger partial charge on any atom is 0.244 e. The summed E-state index contributed by atoms with van der Waals surface area (Å²) < 4.78 is 16.9. The molecule has 1 aliphatic rings. The van der Waals surface area contributed by atoms with Gasteiger partial charge in [0.15, 0.2) is 0 Å². The summed E-state index contributed by atoms with van der Waals surface area (Å²) in [4.78, 5) is 12.5.